The number of hydrogen-bond donors (Lipinski definition) is 3. The highest BCUT2D eigenvalue weighted by molar-refractivity contribution is 5.06. The summed E-state index contributed by atoms with van der Waals surface area (Å²) in [5, 5.41) is 31.3. The minimum Gasteiger partial charge on any atom is -0.394 e. The average molecular weight is 201 g/mol. The van der Waals surface area contributed by atoms with E-state index in [2.05, 4.69) is 5.16 Å². The minimum atomic E-state index is -1.10. The highest BCUT2D eigenvalue weighted by Gasteiger charge is 2.44. The fourth-order valence-electron chi connectivity index (χ4n) is 1.51. The van der Waals surface area contributed by atoms with Gasteiger partial charge in [0.25, 0.3) is 0 Å². The molecule has 3 N–H and O–H groups in total. The van der Waals surface area contributed by atoms with Gasteiger partial charge in [0.15, 0.2) is 5.76 Å². The van der Waals surface area contributed by atoms with Crippen LogP contribution in [0.5, 0.6) is 0 Å². The molecule has 6 heteroatoms. The van der Waals surface area contributed by atoms with E-state index < -0.39 is 24.4 Å². The van der Waals surface area contributed by atoms with Gasteiger partial charge < -0.3 is 24.6 Å². The van der Waals surface area contributed by atoms with E-state index in [1.807, 2.05) is 0 Å². The highest BCUT2D eigenvalue weighted by Crippen LogP contribution is 2.32. The average Bonchev–Trinajstić information content (AvgIpc) is 2.78. The number of aliphatic hydroxyl groups excluding tert-OH is 3. The summed E-state index contributed by atoms with van der Waals surface area (Å²) in [5.41, 5.74) is 0. The van der Waals surface area contributed by atoms with Gasteiger partial charge in [-0.15, -0.1) is 0 Å². The zero-order valence-corrected chi connectivity index (χ0v) is 7.28. The fourth-order valence-corrected chi connectivity index (χ4v) is 1.51. The molecule has 1 aliphatic rings. The first-order valence-corrected chi connectivity index (χ1v) is 4.27. The first-order valence-electron chi connectivity index (χ1n) is 4.27. The number of nitrogens with zero attached hydrogens (tertiary/aromatic N) is 1. The van der Waals surface area contributed by atoms with Crippen molar-refractivity contribution in [3.8, 4) is 0 Å². The molecule has 0 amide bonds. The maximum absolute atomic E-state index is 9.56. The van der Waals surface area contributed by atoms with Crippen LogP contribution in [0.1, 0.15) is 11.9 Å². The molecule has 1 saturated heterocycles. The van der Waals surface area contributed by atoms with E-state index in [1.165, 1.54) is 6.20 Å². The smallest absolute Gasteiger partial charge is 0.168 e. The number of hydrogen-bond acceptors (Lipinski definition) is 6. The molecule has 0 spiro atoms. The van der Waals surface area contributed by atoms with Crippen molar-refractivity contribution in [3.63, 3.8) is 0 Å². The van der Waals surface area contributed by atoms with Crippen LogP contribution in [-0.4, -0.2) is 45.4 Å². The Bertz CT molecular complexity index is 288. The molecule has 0 aliphatic carbocycles. The molecule has 1 aromatic heterocycles. The molecular formula is C8H11NO5. The van der Waals surface area contributed by atoms with E-state index in [0.29, 0.717) is 5.76 Å². The third-order valence-electron chi connectivity index (χ3n) is 2.28. The topological polar surface area (TPSA) is 96.0 Å². The van der Waals surface area contributed by atoms with Crippen molar-refractivity contribution >= 4 is 0 Å². The Kier molecular flexibility index (Phi) is 2.51. The Balaban J connectivity index is 2.16. The molecule has 6 nitrogen and oxygen atoms in total. The molecule has 0 bridgehead atoms. The van der Waals surface area contributed by atoms with Crippen molar-refractivity contribution < 1.29 is 24.6 Å². The molecule has 14 heavy (non-hydrogen) atoms. The molecule has 1 aromatic rings. The highest BCUT2D eigenvalue weighted by atomic mass is 16.6. The quantitative estimate of drug-likeness (QED) is 0.558. The standard InChI is InChI=1S/C8H11NO5/c10-3-5-6(11)7(12)8(13-5)4-1-2-9-14-4/h1-2,5-8,10-12H,3H2/t5-,6-,7-,8+/m1/s1. The molecule has 2 heterocycles. The Morgan fingerprint density at radius 2 is 2.14 bits per heavy atom. The minimum absolute atomic E-state index is 0.340. The molecule has 4 atom stereocenters. The third-order valence-corrected chi connectivity index (χ3v) is 2.28. The second-order valence-corrected chi connectivity index (χ2v) is 3.17. The van der Waals surface area contributed by atoms with Crippen LogP contribution in [0, 0.1) is 0 Å². The summed E-state index contributed by atoms with van der Waals surface area (Å²) in [6, 6.07) is 1.54. The molecule has 0 radical (unpaired) electrons. The zero-order valence-electron chi connectivity index (χ0n) is 7.28. The van der Waals surface area contributed by atoms with Gasteiger partial charge in [0.1, 0.15) is 24.4 Å². The summed E-state index contributed by atoms with van der Waals surface area (Å²) in [6.07, 6.45) is -2.32. The first kappa shape index (κ1) is 9.60. The molecule has 0 saturated carbocycles. The predicted molar refractivity (Wildman–Crippen MR) is 43.2 cm³/mol. The van der Waals surface area contributed by atoms with Gasteiger partial charge in [0.2, 0.25) is 0 Å². The second kappa shape index (κ2) is 3.66. The third kappa shape index (κ3) is 1.42. The van der Waals surface area contributed by atoms with Crippen LogP contribution in [0.2, 0.25) is 0 Å². The number of ether oxygens (including phenoxy) is 1. The summed E-state index contributed by atoms with van der Waals surface area (Å²) >= 11 is 0. The molecular weight excluding hydrogens is 190 g/mol. The monoisotopic (exact) mass is 201 g/mol. The lowest BCUT2D eigenvalue weighted by Gasteiger charge is -2.10. The molecule has 0 aromatic carbocycles. The summed E-state index contributed by atoms with van der Waals surface area (Å²) in [5.74, 6) is 0.340. The van der Waals surface area contributed by atoms with E-state index in [4.69, 9.17) is 14.4 Å². The molecule has 1 fully saturated rings. The van der Waals surface area contributed by atoms with Crippen LogP contribution in [0.4, 0.5) is 0 Å². The van der Waals surface area contributed by atoms with Gasteiger partial charge in [-0.2, -0.15) is 0 Å². The van der Waals surface area contributed by atoms with Gasteiger partial charge in [0.05, 0.1) is 12.8 Å². The van der Waals surface area contributed by atoms with Crippen molar-refractivity contribution in [1.82, 2.24) is 5.16 Å². The van der Waals surface area contributed by atoms with Crippen LogP contribution < -0.4 is 0 Å². The molecule has 78 valence electrons. The van der Waals surface area contributed by atoms with Crippen LogP contribution in [0.15, 0.2) is 16.8 Å². The van der Waals surface area contributed by atoms with Crippen LogP contribution in [-0.2, 0) is 4.74 Å². The Labute approximate surface area is 79.7 Å². The normalized spacial score (nSPS) is 37.6. The Morgan fingerprint density at radius 1 is 1.36 bits per heavy atom. The van der Waals surface area contributed by atoms with Crippen LogP contribution >= 0.6 is 0 Å². The van der Waals surface area contributed by atoms with E-state index >= 15 is 0 Å². The summed E-state index contributed by atoms with van der Waals surface area (Å²) in [4.78, 5) is 0. The number of aliphatic hydroxyl groups is 3. The summed E-state index contributed by atoms with van der Waals surface area (Å²) in [6.45, 7) is -0.344. The SMILES string of the molecule is OC[C@H]1O[C@@H](c2ccno2)[C@H](O)[C@@H]1O. The largest absolute Gasteiger partial charge is 0.394 e. The fraction of sp³-hybridized carbons (Fsp3) is 0.625. The van der Waals surface area contributed by atoms with E-state index in [9.17, 15) is 10.2 Å². The Morgan fingerprint density at radius 3 is 2.64 bits per heavy atom. The van der Waals surface area contributed by atoms with E-state index in [-0.39, 0.29) is 6.61 Å². The summed E-state index contributed by atoms with van der Waals surface area (Å²) in [7, 11) is 0. The zero-order chi connectivity index (χ0) is 10.1. The summed E-state index contributed by atoms with van der Waals surface area (Å²) < 4.78 is 10.00. The van der Waals surface area contributed by atoms with Gasteiger partial charge in [-0.1, -0.05) is 5.16 Å². The lowest BCUT2D eigenvalue weighted by molar-refractivity contribution is -0.0306. The molecule has 2 rings (SSSR count). The van der Waals surface area contributed by atoms with E-state index in [1.54, 1.807) is 6.07 Å². The van der Waals surface area contributed by atoms with Crippen molar-refractivity contribution in [1.29, 1.82) is 0 Å². The number of aromatic nitrogens is 1. The van der Waals surface area contributed by atoms with Gasteiger partial charge in [0, 0.05) is 6.07 Å². The second-order valence-electron chi connectivity index (χ2n) is 3.17. The van der Waals surface area contributed by atoms with Crippen molar-refractivity contribution in [2.75, 3.05) is 6.61 Å². The maximum atomic E-state index is 9.56. The van der Waals surface area contributed by atoms with Crippen molar-refractivity contribution in [3.05, 3.63) is 18.0 Å². The van der Waals surface area contributed by atoms with Gasteiger partial charge in [-0.3, -0.25) is 0 Å². The van der Waals surface area contributed by atoms with Crippen LogP contribution in [0.3, 0.4) is 0 Å². The van der Waals surface area contributed by atoms with Crippen LogP contribution in [0.25, 0.3) is 0 Å². The maximum Gasteiger partial charge on any atom is 0.168 e. The van der Waals surface area contributed by atoms with E-state index in [0.717, 1.165) is 0 Å². The van der Waals surface area contributed by atoms with Crippen molar-refractivity contribution in [2.24, 2.45) is 0 Å². The molecule has 0 unspecified atom stereocenters. The van der Waals surface area contributed by atoms with Gasteiger partial charge >= 0.3 is 0 Å². The number of rotatable bonds is 2. The lowest BCUT2D eigenvalue weighted by atomic mass is 10.1. The van der Waals surface area contributed by atoms with Crippen molar-refractivity contribution in [2.45, 2.75) is 24.4 Å². The first-order chi connectivity index (χ1) is 6.74. The Hall–Kier alpha value is -0.950. The van der Waals surface area contributed by atoms with Gasteiger partial charge in [-0.05, 0) is 0 Å². The lowest BCUT2D eigenvalue weighted by Crippen LogP contribution is -2.32. The predicted octanol–water partition coefficient (Wildman–Crippen LogP) is -1.17. The van der Waals surface area contributed by atoms with Gasteiger partial charge in [-0.25, -0.2) is 0 Å². The molecule has 1 aliphatic heterocycles.